The molecule has 0 amide bonds. The normalized spacial score (nSPS) is 11.4. The van der Waals surface area contributed by atoms with Crippen molar-refractivity contribution < 1.29 is 8.94 Å². The van der Waals surface area contributed by atoms with Crippen molar-refractivity contribution in [3.05, 3.63) is 54.3 Å². The average molecular weight is 264 g/mol. The zero-order valence-electron chi connectivity index (χ0n) is 10.7. The van der Waals surface area contributed by atoms with Crippen LogP contribution in [0.5, 0.6) is 0 Å². The topological polar surface area (TPSA) is 65.2 Å². The fourth-order valence-corrected chi connectivity index (χ4v) is 2.57. The molecule has 4 heteroatoms. The minimum atomic E-state index is 0.325. The van der Waals surface area contributed by atoms with E-state index in [0.717, 1.165) is 39.0 Å². The maximum Gasteiger partial charge on any atom is 0.167 e. The van der Waals surface area contributed by atoms with Crippen LogP contribution in [0.4, 0.5) is 0 Å². The van der Waals surface area contributed by atoms with Gasteiger partial charge in [0.2, 0.25) is 0 Å². The Balaban J connectivity index is 2.11. The Morgan fingerprint density at radius 1 is 0.900 bits per heavy atom. The molecule has 0 fully saturated rings. The van der Waals surface area contributed by atoms with E-state index in [0.29, 0.717) is 6.54 Å². The third-order valence-electron chi connectivity index (χ3n) is 3.47. The van der Waals surface area contributed by atoms with E-state index in [2.05, 4.69) is 5.16 Å². The van der Waals surface area contributed by atoms with Gasteiger partial charge in [0.1, 0.15) is 17.0 Å². The zero-order chi connectivity index (χ0) is 13.5. The molecule has 2 aromatic carbocycles. The summed E-state index contributed by atoms with van der Waals surface area (Å²) in [5, 5.41) is 6.18. The number of benzene rings is 2. The van der Waals surface area contributed by atoms with E-state index >= 15 is 0 Å². The van der Waals surface area contributed by atoms with Gasteiger partial charge in [0, 0.05) is 10.8 Å². The molecular weight excluding hydrogens is 252 g/mol. The third-order valence-corrected chi connectivity index (χ3v) is 3.47. The molecule has 0 aliphatic rings. The Bertz CT molecular complexity index is 905. The van der Waals surface area contributed by atoms with E-state index in [9.17, 15) is 0 Å². The molecule has 0 spiro atoms. The minimum Gasteiger partial charge on any atom is -0.459 e. The van der Waals surface area contributed by atoms with Crippen molar-refractivity contribution in [1.29, 1.82) is 0 Å². The standard InChI is InChI=1S/C16H12N2O2/c17-9-14-15(10-5-1-3-7-12(10)19-14)16-11-6-2-4-8-13(11)20-18-16/h1-8H,9,17H2. The van der Waals surface area contributed by atoms with E-state index in [4.69, 9.17) is 14.7 Å². The van der Waals surface area contributed by atoms with Crippen LogP contribution in [-0.2, 0) is 6.54 Å². The van der Waals surface area contributed by atoms with Gasteiger partial charge in [-0.1, -0.05) is 35.5 Å². The van der Waals surface area contributed by atoms with Gasteiger partial charge in [-0.05, 0) is 18.2 Å². The summed E-state index contributed by atoms with van der Waals surface area (Å²) >= 11 is 0. The smallest absolute Gasteiger partial charge is 0.167 e. The molecule has 0 radical (unpaired) electrons. The van der Waals surface area contributed by atoms with Crippen LogP contribution < -0.4 is 5.73 Å². The fourth-order valence-electron chi connectivity index (χ4n) is 2.57. The molecule has 4 nitrogen and oxygen atoms in total. The molecule has 20 heavy (non-hydrogen) atoms. The summed E-state index contributed by atoms with van der Waals surface area (Å²) in [5.74, 6) is 0.727. The van der Waals surface area contributed by atoms with Crippen LogP contribution in [0.2, 0.25) is 0 Å². The lowest BCUT2D eigenvalue weighted by atomic mass is 10.0. The van der Waals surface area contributed by atoms with E-state index in [1.54, 1.807) is 0 Å². The zero-order valence-corrected chi connectivity index (χ0v) is 10.7. The molecule has 0 unspecified atom stereocenters. The summed E-state index contributed by atoms with van der Waals surface area (Å²) < 4.78 is 11.2. The Kier molecular flexibility index (Phi) is 2.37. The number of hydrogen-bond acceptors (Lipinski definition) is 4. The molecular formula is C16H12N2O2. The number of furan rings is 1. The van der Waals surface area contributed by atoms with Crippen LogP contribution in [0.25, 0.3) is 33.2 Å². The van der Waals surface area contributed by atoms with Crippen molar-refractivity contribution in [3.63, 3.8) is 0 Å². The number of aromatic nitrogens is 1. The molecule has 4 aromatic rings. The molecule has 2 heterocycles. The summed E-state index contributed by atoms with van der Waals surface area (Å²) in [7, 11) is 0. The van der Waals surface area contributed by atoms with Crippen molar-refractivity contribution in [2.24, 2.45) is 5.73 Å². The summed E-state index contributed by atoms with van der Waals surface area (Å²) in [6.45, 7) is 0.325. The first-order valence-electron chi connectivity index (χ1n) is 6.44. The molecule has 2 N–H and O–H groups in total. The molecule has 0 bridgehead atoms. The van der Waals surface area contributed by atoms with Gasteiger partial charge in [0.05, 0.1) is 12.1 Å². The van der Waals surface area contributed by atoms with Gasteiger partial charge in [0.25, 0.3) is 0 Å². The maximum atomic E-state index is 5.81. The van der Waals surface area contributed by atoms with Gasteiger partial charge in [-0.15, -0.1) is 0 Å². The second kappa shape index (κ2) is 4.21. The number of nitrogens with zero attached hydrogens (tertiary/aromatic N) is 1. The Morgan fingerprint density at radius 2 is 1.60 bits per heavy atom. The number of nitrogens with two attached hydrogens (primary N) is 1. The summed E-state index contributed by atoms with van der Waals surface area (Å²) in [6, 6.07) is 15.6. The highest BCUT2D eigenvalue weighted by atomic mass is 16.5. The van der Waals surface area contributed by atoms with Gasteiger partial charge < -0.3 is 14.7 Å². The summed E-state index contributed by atoms with van der Waals surface area (Å²) in [4.78, 5) is 0. The molecule has 0 saturated carbocycles. The third kappa shape index (κ3) is 1.49. The van der Waals surface area contributed by atoms with Gasteiger partial charge in [0.15, 0.2) is 5.58 Å². The summed E-state index contributed by atoms with van der Waals surface area (Å²) in [6.07, 6.45) is 0. The van der Waals surface area contributed by atoms with Gasteiger partial charge in [-0.25, -0.2) is 0 Å². The van der Waals surface area contributed by atoms with Crippen LogP contribution in [0.3, 0.4) is 0 Å². The largest absolute Gasteiger partial charge is 0.459 e. The monoisotopic (exact) mass is 264 g/mol. The van der Waals surface area contributed by atoms with Crippen molar-refractivity contribution in [1.82, 2.24) is 5.16 Å². The predicted octanol–water partition coefficient (Wildman–Crippen LogP) is 3.70. The number of hydrogen-bond donors (Lipinski definition) is 1. The van der Waals surface area contributed by atoms with Gasteiger partial charge in [-0.3, -0.25) is 0 Å². The van der Waals surface area contributed by atoms with Crippen molar-refractivity contribution in [2.45, 2.75) is 6.54 Å². The first-order chi connectivity index (χ1) is 9.88. The lowest BCUT2D eigenvalue weighted by Crippen LogP contribution is -1.96. The SMILES string of the molecule is NCc1oc2ccccc2c1-c1noc2ccccc12. The molecule has 2 aromatic heterocycles. The molecule has 4 rings (SSSR count). The van der Waals surface area contributed by atoms with E-state index < -0.39 is 0 Å². The predicted molar refractivity (Wildman–Crippen MR) is 77.1 cm³/mol. The lowest BCUT2D eigenvalue weighted by molar-refractivity contribution is 0.459. The van der Waals surface area contributed by atoms with Gasteiger partial charge in [-0.2, -0.15) is 0 Å². The molecule has 0 aliphatic heterocycles. The van der Waals surface area contributed by atoms with Crippen LogP contribution in [0.1, 0.15) is 5.76 Å². The molecule has 0 atom stereocenters. The van der Waals surface area contributed by atoms with Crippen LogP contribution >= 0.6 is 0 Å². The van der Waals surface area contributed by atoms with Crippen LogP contribution in [-0.4, -0.2) is 5.16 Å². The first kappa shape index (κ1) is 11.3. The number of fused-ring (bicyclic) bond motifs is 2. The van der Waals surface area contributed by atoms with Crippen LogP contribution in [0.15, 0.2) is 57.5 Å². The summed E-state index contributed by atoms with van der Waals surface area (Å²) in [5.41, 5.74) is 9.09. The van der Waals surface area contributed by atoms with Crippen molar-refractivity contribution in [2.75, 3.05) is 0 Å². The van der Waals surface area contributed by atoms with E-state index in [-0.39, 0.29) is 0 Å². The highest BCUT2D eigenvalue weighted by molar-refractivity contribution is 6.02. The van der Waals surface area contributed by atoms with Crippen molar-refractivity contribution >= 4 is 21.9 Å². The molecule has 98 valence electrons. The van der Waals surface area contributed by atoms with Crippen molar-refractivity contribution in [3.8, 4) is 11.3 Å². The second-order valence-electron chi connectivity index (χ2n) is 4.63. The Labute approximate surface area is 114 Å². The molecule has 0 saturated heterocycles. The highest BCUT2D eigenvalue weighted by Gasteiger charge is 2.20. The van der Waals surface area contributed by atoms with Gasteiger partial charge >= 0.3 is 0 Å². The first-order valence-corrected chi connectivity index (χ1v) is 6.44. The Hall–Kier alpha value is -2.59. The number of rotatable bonds is 2. The quantitative estimate of drug-likeness (QED) is 0.599. The fraction of sp³-hybridized carbons (Fsp3) is 0.0625. The second-order valence-corrected chi connectivity index (χ2v) is 4.63. The number of para-hydroxylation sites is 2. The highest BCUT2D eigenvalue weighted by Crippen LogP contribution is 2.37. The van der Waals surface area contributed by atoms with E-state index in [1.165, 1.54) is 0 Å². The van der Waals surface area contributed by atoms with Crippen LogP contribution in [0, 0.1) is 0 Å². The lowest BCUT2D eigenvalue weighted by Gasteiger charge is -1.97. The average Bonchev–Trinajstić information content (AvgIpc) is 3.07. The van der Waals surface area contributed by atoms with E-state index in [1.807, 2.05) is 48.5 Å². The maximum absolute atomic E-state index is 5.81. The molecule has 0 aliphatic carbocycles. The minimum absolute atomic E-state index is 0.325. The Morgan fingerprint density at radius 3 is 2.40 bits per heavy atom.